The summed E-state index contributed by atoms with van der Waals surface area (Å²) < 4.78 is 36.3. The minimum absolute atomic E-state index is 0.00422. The molecule has 14 nitrogen and oxygen atoms in total. The highest BCUT2D eigenvalue weighted by atomic mass is 32.2. The Morgan fingerprint density at radius 2 is 2.05 bits per heavy atom. The lowest BCUT2D eigenvalue weighted by atomic mass is 10.1. The highest BCUT2D eigenvalue weighted by Crippen LogP contribution is 2.31. The highest BCUT2D eigenvalue weighted by Gasteiger charge is 2.31. The summed E-state index contributed by atoms with van der Waals surface area (Å²) in [5.74, 6) is 0.585. The van der Waals surface area contributed by atoms with E-state index in [1.165, 1.54) is 16.8 Å². The van der Waals surface area contributed by atoms with E-state index in [0.29, 0.717) is 67.1 Å². The van der Waals surface area contributed by atoms with Crippen LogP contribution in [0, 0.1) is 10.1 Å². The summed E-state index contributed by atoms with van der Waals surface area (Å²) in [7, 11) is -2.21. The first-order valence-electron chi connectivity index (χ1n) is 12.4. The lowest BCUT2D eigenvalue weighted by Gasteiger charge is -2.39. The van der Waals surface area contributed by atoms with Gasteiger partial charge in [0.05, 0.1) is 29.4 Å². The molecule has 3 heterocycles. The average Bonchev–Trinajstić information content (AvgIpc) is 3.15. The predicted molar refractivity (Wildman–Crippen MR) is 138 cm³/mol. The number of aromatic nitrogens is 4. The van der Waals surface area contributed by atoms with Crippen LogP contribution in [0.15, 0.2) is 27.9 Å². The molecule has 1 aliphatic heterocycles. The van der Waals surface area contributed by atoms with Crippen molar-refractivity contribution in [2.75, 3.05) is 32.8 Å². The molecule has 2 aromatic heterocycles. The molecule has 0 unspecified atom stereocenters. The Balaban J connectivity index is 1.57. The van der Waals surface area contributed by atoms with Gasteiger partial charge in [0.1, 0.15) is 17.1 Å². The molecule has 0 aliphatic carbocycles. The van der Waals surface area contributed by atoms with E-state index < -0.39 is 15.1 Å². The van der Waals surface area contributed by atoms with Crippen molar-refractivity contribution in [3.8, 4) is 17.1 Å². The molecular formula is C23H31N7O7S. The number of rotatable bonds is 13. The van der Waals surface area contributed by atoms with Crippen LogP contribution in [0.1, 0.15) is 32.4 Å². The maximum atomic E-state index is 13.2. The summed E-state index contributed by atoms with van der Waals surface area (Å²) in [6.07, 6.45) is 1.94. The van der Waals surface area contributed by atoms with Gasteiger partial charge in [-0.15, -0.1) is 10.1 Å². The summed E-state index contributed by atoms with van der Waals surface area (Å²) in [5, 5.41) is 13.8. The van der Waals surface area contributed by atoms with Crippen LogP contribution in [0.5, 0.6) is 5.75 Å². The number of nitrogens with zero attached hydrogens (tertiary/aromatic N) is 5. The quantitative estimate of drug-likeness (QED) is 0.179. The van der Waals surface area contributed by atoms with Crippen molar-refractivity contribution in [2.45, 2.75) is 44.0 Å². The van der Waals surface area contributed by atoms with Crippen LogP contribution >= 0.6 is 0 Å². The number of aryl methyl sites for hydroxylation is 2. The minimum atomic E-state index is -3.89. The fourth-order valence-corrected chi connectivity index (χ4v) is 5.71. The number of hydrogen-bond donors (Lipinski definition) is 2. The van der Waals surface area contributed by atoms with Crippen molar-refractivity contribution < 1.29 is 23.1 Å². The second-order valence-electron chi connectivity index (χ2n) is 9.01. The number of hydrogen-bond acceptors (Lipinski definition) is 10. The molecule has 1 saturated heterocycles. The zero-order valence-electron chi connectivity index (χ0n) is 21.5. The normalized spacial score (nSPS) is 14.5. The van der Waals surface area contributed by atoms with E-state index in [4.69, 9.17) is 4.74 Å². The van der Waals surface area contributed by atoms with Gasteiger partial charge in [0.2, 0.25) is 10.0 Å². The van der Waals surface area contributed by atoms with E-state index in [2.05, 4.69) is 24.6 Å². The first-order chi connectivity index (χ1) is 18.1. The number of likely N-dealkylation sites (tertiary alicyclic amines) is 1. The Kier molecular flexibility index (Phi) is 8.28. The van der Waals surface area contributed by atoms with Crippen molar-refractivity contribution in [3.63, 3.8) is 0 Å². The Morgan fingerprint density at radius 3 is 2.74 bits per heavy atom. The van der Waals surface area contributed by atoms with Crippen molar-refractivity contribution in [3.05, 3.63) is 44.4 Å². The zero-order chi connectivity index (χ0) is 27.4. The molecule has 0 radical (unpaired) electrons. The molecule has 1 fully saturated rings. The van der Waals surface area contributed by atoms with Crippen LogP contribution in [0.4, 0.5) is 0 Å². The second-order valence-corrected chi connectivity index (χ2v) is 10.7. The molecule has 0 saturated carbocycles. The molecule has 206 valence electrons. The molecule has 0 atom stereocenters. The monoisotopic (exact) mass is 549 g/mol. The van der Waals surface area contributed by atoms with Gasteiger partial charge in [0.25, 0.3) is 10.6 Å². The maximum absolute atomic E-state index is 13.2. The number of H-pyrrole nitrogens is 1. The Hall–Kier alpha value is -3.56. The standard InChI is InChI=1S/C23H31N7O7S/c1-4-7-18-20-21(28(3)26-18)23(31)25-22(24-20)17-12-16(8-9-19(17)36-5-2)38(34,35)27-15-13-29(14-15)10-6-11-37-30(32)33/h8-9,12,15,27H,4-7,10-11,13-14H2,1-3H3,(H,24,25,31). The molecular weight excluding hydrogens is 518 g/mol. The molecule has 1 aromatic carbocycles. The number of fused-ring (bicyclic) bond motifs is 1. The van der Waals surface area contributed by atoms with Crippen molar-refractivity contribution in [1.82, 2.24) is 29.4 Å². The van der Waals surface area contributed by atoms with Gasteiger partial charge >= 0.3 is 0 Å². The third kappa shape index (κ3) is 5.95. The van der Waals surface area contributed by atoms with Gasteiger partial charge in [0, 0.05) is 32.7 Å². The van der Waals surface area contributed by atoms with E-state index in [1.807, 2.05) is 18.7 Å². The molecule has 0 amide bonds. The molecule has 0 spiro atoms. The second kappa shape index (κ2) is 11.4. The van der Waals surface area contributed by atoms with Gasteiger partial charge in [-0.1, -0.05) is 13.3 Å². The van der Waals surface area contributed by atoms with Crippen LogP contribution in [0.2, 0.25) is 0 Å². The van der Waals surface area contributed by atoms with Crippen molar-refractivity contribution >= 4 is 21.1 Å². The largest absolute Gasteiger partial charge is 0.493 e. The first-order valence-corrected chi connectivity index (χ1v) is 13.9. The van der Waals surface area contributed by atoms with Gasteiger partial charge in [-0.3, -0.25) is 9.48 Å². The van der Waals surface area contributed by atoms with Crippen LogP contribution in [0.3, 0.4) is 0 Å². The summed E-state index contributed by atoms with van der Waals surface area (Å²) in [5.41, 5.74) is 1.48. The fourth-order valence-electron chi connectivity index (χ4n) is 4.46. The van der Waals surface area contributed by atoms with Crippen LogP contribution in [-0.4, -0.2) is 77.0 Å². The van der Waals surface area contributed by atoms with E-state index in [-0.39, 0.29) is 28.9 Å². The number of ether oxygens (including phenoxy) is 1. The summed E-state index contributed by atoms with van der Waals surface area (Å²) in [4.78, 5) is 36.9. The van der Waals surface area contributed by atoms with Crippen molar-refractivity contribution in [1.29, 1.82) is 0 Å². The van der Waals surface area contributed by atoms with Crippen LogP contribution in [-0.2, 0) is 28.3 Å². The predicted octanol–water partition coefficient (Wildman–Crippen LogP) is 1.24. The topological polar surface area (TPSA) is 175 Å². The summed E-state index contributed by atoms with van der Waals surface area (Å²) in [6, 6.07) is 4.15. The molecule has 15 heteroatoms. The number of aromatic amines is 1. The fraction of sp³-hybridized carbons (Fsp3) is 0.522. The smallest absolute Gasteiger partial charge is 0.294 e. The Labute approximate surface area is 219 Å². The van der Waals surface area contributed by atoms with Gasteiger partial charge in [-0.25, -0.2) is 18.1 Å². The van der Waals surface area contributed by atoms with Gasteiger partial charge in [-0.2, -0.15) is 5.10 Å². The molecule has 0 bridgehead atoms. The summed E-state index contributed by atoms with van der Waals surface area (Å²) in [6.45, 7) is 5.67. The third-order valence-corrected chi connectivity index (χ3v) is 7.68. The molecule has 1 aliphatic rings. The number of sulfonamides is 1. The lowest BCUT2D eigenvalue weighted by molar-refractivity contribution is -0.757. The molecule has 2 N–H and O–H groups in total. The van der Waals surface area contributed by atoms with Crippen molar-refractivity contribution in [2.24, 2.45) is 7.05 Å². The molecule has 4 rings (SSSR count). The first kappa shape index (κ1) is 27.5. The molecule has 38 heavy (non-hydrogen) atoms. The highest BCUT2D eigenvalue weighted by molar-refractivity contribution is 7.89. The van der Waals surface area contributed by atoms with E-state index >= 15 is 0 Å². The minimum Gasteiger partial charge on any atom is -0.493 e. The number of benzene rings is 1. The zero-order valence-corrected chi connectivity index (χ0v) is 22.3. The Bertz CT molecular complexity index is 1480. The van der Waals surface area contributed by atoms with Gasteiger partial charge in [-0.05, 0) is 38.0 Å². The Morgan fingerprint density at radius 1 is 1.29 bits per heavy atom. The van der Waals surface area contributed by atoms with E-state index in [9.17, 15) is 23.3 Å². The lowest BCUT2D eigenvalue weighted by Crippen LogP contribution is -2.59. The molecule has 3 aromatic rings. The van der Waals surface area contributed by atoms with Gasteiger partial charge < -0.3 is 19.5 Å². The van der Waals surface area contributed by atoms with E-state index in [1.54, 1.807) is 13.1 Å². The maximum Gasteiger partial charge on any atom is 0.294 e. The van der Waals surface area contributed by atoms with Crippen LogP contribution in [0.25, 0.3) is 22.4 Å². The van der Waals surface area contributed by atoms with E-state index in [0.717, 1.165) is 6.42 Å². The number of nitrogens with one attached hydrogen (secondary N) is 2. The van der Waals surface area contributed by atoms with Gasteiger partial charge in [0.15, 0.2) is 5.52 Å². The third-order valence-electron chi connectivity index (χ3n) is 6.16. The van der Waals surface area contributed by atoms with Crippen LogP contribution < -0.4 is 15.0 Å². The SMILES string of the molecule is CCCc1nn(C)c2c(=O)[nH]c(-c3cc(S(=O)(=O)NC4CN(CCCO[N+](=O)[O-])C4)ccc3OCC)nc12. The summed E-state index contributed by atoms with van der Waals surface area (Å²) >= 11 is 0. The average molecular weight is 550 g/mol.